The van der Waals surface area contributed by atoms with Gasteiger partial charge in [-0.3, -0.25) is 14.4 Å². The first kappa shape index (κ1) is 26.2. The molecular weight excluding hydrogens is 502 g/mol. The van der Waals surface area contributed by atoms with Gasteiger partial charge in [0.1, 0.15) is 12.1 Å². The number of nitrogens with zero attached hydrogens (tertiary/aromatic N) is 2. The molecule has 0 bridgehead atoms. The molecule has 2 saturated heterocycles. The van der Waals surface area contributed by atoms with E-state index < -0.39 is 18.2 Å². The van der Waals surface area contributed by atoms with Crippen LogP contribution in [0.3, 0.4) is 0 Å². The van der Waals surface area contributed by atoms with E-state index in [1.807, 2.05) is 62.4 Å². The molecule has 3 amide bonds. The summed E-state index contributed by atoms with van der Waals surface area (Å²) in [7, 11) is 0. The minimum Gasteiger partial charge on any atom is -0.399 e. The highest BCUT2D eigenvalue weighted by atomic mass is 32.1. The molecule has 2 aromatic rings. The van der Waals surface area contributed by atoms with Crippen LogP contribution < -0.4 is 10.1 Å². The number of carbonyl (C=O) groups excluding carboxylic acids is 4. The highest BCUT2D eigenvalue weighted by Gasteiger charge is 2.52. The van der Waals surface area contributed by atoms with Crippen molar-refractivity contribution in [2.75, 3.05) is 13.1 Å². The number of hydrogen-bond acceptors (Lipinski definition) is 6. The predicted octanol–water partition coefficient (Wildman–Crippen LogP) is 4.27. The first-order valence-corrected chi connectivity index (χ1v) is 14.1. The quantitative estimate of drug-likeness (QED) is 0.535. The molecule has 3 unspecified atom stereocenters. The van der Waals surface area contributed by atoms with Gasteiger partial charge in [0.25, 0.3) is 0 Å². The number of fused-ring (bicyclic) bond motifs is 1. The molecule has 0 saturated carbocycles. The second kappa shape index (κ2) is 11.1. The van der Waals surface area contributed by atoms with Gasteiger partial charge in [-0.15, -0.1) is 0 Å². The van der Waals surface area contributed by atoms with Crippen molar-refractivity contribution in [2.24, 2.45) is 11.8 Å². The number of nitrogens with one attached hydrogen (secondary N) is 1. The summed E-state index contributed by atoms with van der Waals surface area (Å²) in [5.74, 6) is -0.406. The summed E-state index contributed by atoms with van der Waals surface area (Å²) in [6, 6.07) is 11.7. The monoisotopic (exact) mass is 535 g/mol. The summed E-state index contributed by atoms with van der Waals surface area (Å²) in [4.78, 5) is 56.8. The van der Waals surface area contributed by atoms with Crippen molar-refractivity contribution in [3.05, 3.63) is 54.6 Å². The largest absolute Gasteiger partial charge is 0.414 e. The number of thiophene rings is 1. The van der Waals surface area contributed by atoms with Gasteiger partial charge in [-0.05, 0) is 49.3 Å². The zero-order valence-electron chi connectivity index (χ0n) is 21.7. The van der Waals surface area contributed by atoms with Crippen LogP contribution in [0.15, 0.2) is 54.6 Å². The number of Topliss-reactive ketones (excluding diaryl/α,β-unsaturated/α-hetero) is 1. The average molecular weight is 536 g/mol. The SMILES string of the molecule is CC(C)CC(NC(=O)Oc1ccc(-c2ccccc2)s1)C(=O)N1CCC2C1C(=O)CN2C(=O)C1CC=CC1. The summed E-state index contributed by atoms with van der Waals surface area (Å²) in [5.41, 5.74) is 1.03. The molecule has 2 aliphatic heterocycles. The van der Waals surface area contributed by atoms with E-state index in [4.69, 9.17) is 4.74 Å². The molecule has 8 nitrogen and oxygen atoms in total. The van der Waals surface area contributed by atoms with Crippen LogP contribution in [0.5, 0.6) is 5.06 Å². The van der Waals surface area contributed by atoms with E-state index in [1.54, 1.807) is 15.9 Å². The molecule has 9 heteroatoms. The zero-order valence-corrected chi connectivity index (χ0v) is 22.5. The molecule has 1 aromatic heterocycles. The molecule has 1 N–H and O–H groups in total. The lowest BCUT2D eigenvalue weighted by Crippen LogP contribution is -2.53. The summed E-state index contributed by atoms with van der Waals surface area (Å²) >= 11 is 1.35. The van der Waals surface area contributed by atoms with Crippen LogP contribution in [0, 0.1) is 11.8 Å². The topological polar surface area (TPSA) is 96.0 Å². The van der Waals surface area contributed by atoms with Crippen LogP contribution in [-0.2, 0) is 14.4 Å². The highest BCUT2D eigenvalue weighted by Crippen LogP contribution is 2.34. The van der Waals surface area contributed by atoms with Gasteiger partial charge in [-0.25, -0.2) is 4.79 Å². The van der Waals surface area contributed by atoms with E-state index in [-0.39, 0.29) is 42.0 Å². The Balaban J connectivity index is 1.24. The number of rotatable bonds is 7. The fourth-order valence-corrected chi connectivity index (χ4v) is 6.56. The van der Waals surface area contributed by atoms with Crippen molar-refractivity contribution in [3.8, 4) is 15.5 Å². The third-order valence-electron chi connectivity index (χ3n) is 7.48. The summed E-state index contributed by atoms with van der Waals surface area (Å²) < 4.78 is 5.53. The Morgan fingerprint density at radius 1 is 1.05 bits per heavy atom. The second-order valence-electron chi connectivity index (χ2n) is 10.6. The lowest BCUT2D eigenvalue weighted by Gasteiger charge is -2.29. The van der Waals surface area contributed by atoms with Crippen LogP contribution in [0.2, 0.25) is 0 Å². The fourth-order valence-electron chi connectivity index (χ4n) is 5.70. The number of likely N-dealkylation sites (tertiary alicyclic amines) is 2. The van der Waals surface area contributed by atoms with Gasteiger partial charge in [0.2, 0.25) is 11.8 Å². The number of amides is 3. The first-order chi connectivity index (χ1) is 18.3. The molecule has 3 heterocycles. The Morgan fingerprint density at radius 3 is 2.50 bits per heavy atom. The third-order valence-corrected chi connectivity index (χ3v) is 8.49. The van der Waals surface area contributed by atoms with Crippen LogP contribution in [-0.4, -0.2) is 64.7 Å². The second-order valence-corrected chi connectivity index (χ2v) is 11.7. The molecule has 0 radical (unpaired) electrons. The molecule has 5 rings (SSSR count). The van der Waals surface area contributed by atoms with E-state index in [1.165, 1.54) is 11.3 Å². The molecular formula is C29H33N3O5S. The Hall–Kier alpha value is -3.46. The number of ketones is 1. The van der Waals surface area contributed by atoms with Crippen LogP contribution in [0.1, 0.15) is 39.5 Å². The Labute approximate surface area is 226 Å². The van der Waals surface area contributed by atoms with E-state index in [9.17, 15) is 19.2 Å². The third kappa shape index (κ3) is 5.38. The molecule has 0 spiro atoms. The minimum absolute atomic E-state index is 0.00333. The van der Waals surface area contributed by atoms with Gasteiger partial charge >= 0.3 is 6.09 Å². The lowest BCUT2D eigenvalue weighted by atomic mass is 10.0. The lowest BCUT2D eigenvalue weighted by molar-refractivity contribution is -0.138. The van der Waals surface area contributed by atoms with E-state index in [0.29, 0.717) is 37.3 Å². The molecule has 2 fully saturated rings. The van der Waals surface area contributed by atoms with Gasteiger partial charge in [0.05, 0.1) is 12.6 Å². The summed E-state index contributed by atoms with van der Waals surface area (Å²) in [5, 5.41) is 3.18. The van der Waals surface area contributed by atoms with Crippen molar-refractivity contribution in [1.82, 2.24) is 15.1 Å². The molecule has 3 aliphatic rings. The van der Waals surface area contributed by atoms with Crippen molar-refractivity contribution >= 4 is 35.0 Å². The highest BCUT2D eigenvalue weighted by molar-refractivity contribution is 7.17. The first-order valence-electron chi connectivity index (χ1n) is 13.2. The molecule has 1 aliphatic carbocycles. The van der Waals surface area contributed by atoms with Crippen molar-refractivity contribution < 1.29 is 23.9 Å². The van der Waals surface area contributed by atoms with Crippen molar-refractivity contribution in [2.45, 2.75) is 57.7 Å². The molecule has 1 aromatic carbocycles. The van der Waals surface area contributed by atoms with Gasteiger partial charge in [0.15, 0.2) is 10.8 Å². The Morgan fingerprint density at radius 2 is 1.79 bits per heavy atom. The Bertz CT molecular complexity index is 1230. The number of allylic oxidation sites excluding steroid dienone is 2. The van der Waals surface area contributed by atoms with Crippen molar-refractivity contribution in [3.63, 3.8) is 0 Å². The smallest absolute Gasteiger partial charge is 0.399 e. The molecule has 38 heavy (non-hydrogen) atoms. The van der Waals surface area contributed by atoms with Crippen LogP contribution in [0.25, 0.3) is 10.4 Å². The van der Waals surface area contributed by atoms with Gasteiger partial charge in [-0.2, -0.15) is 0 Å². The van der Waals surface area contributed by atoms with Crippen molar-refractivity contribution in [1.29, 1.82) is 0 Å². The van der Waals surface area contributed by atoms with Gasteiger partial charge in [0, 0.05) is 17.3 Å². The summed E-state index contributed by atoms with van der Waals surface area (Å²) in [6.45, 7) is 4.37. The van der Waals surface area contributed by atoms with E-state index >= 15 is 0 Å². The average Bonchev–Trinajstić information content (AvgIpc) is 3.69. The maximum atomic E-state index is 13.7. The maximum absolute atomic E-state index is 13.7. The van der Waals surface area contributed by atoms with E-state index in [0.717, 1.165) is 10.4 Å². The van der Waals surface area contributed by atoms with Crippen LogP contribution in [0.4, 0.5) is 4.79 Å². The number of carbonyl (C=O) groups is 4. The van der Waals surface area contributed by atoms with E-state index in [2.05, 4.69) is 5.32 Å². The Kier molecular flexibility index (Phi) is 7.65. The number of ether oxygens (including phenoxy) is 1. The van der Waals surface area contributed by atoms with Gasteiger partial charge < -0.3 is 19.9 Å². The van der Waals surface area contributed by atoms with Gasteiger partial charge in [-0.1, -0.05) is 67.7 Å². The minimum atomic E-state index is -0.827. The normalized spacial score (nSPS) is 21.7. The molecule has 3 atom stereocenters. The standard InChI is InChI=1S/C29H33N3O5S/c1-18(2)16-21(30-29(36)37-25-13-12-24(38-25)19-8-4-3-5-9-19)28(35)31-15-14-22-26(31)23(33)17-32(22)27(34)20-10-6-7-11-20/h3-9,12-13,18,20-22,26H,10-11,14-17H2,1-2H3,(H,30,36). The number of benzene rings is 1. The summed E-state index contributed by atoms with van der Waals surface area (Å²) in [6.07, 6.45) is 5.66. The fraction of sp³-hybridized carbons (Fsp3) is 0.448. The number of hydrogen-bond donors (Lipinski definition) is 1. The zero-order chi connectivity index (χ0) is 26.8. The van der Waals surface area contributed by atoms with Crippen LogP contribution >= 0.6 is 11.3 Å². The molecule has 200 valence electrons. The maximum Gasteiger partial charge on any atom is 0.414 e. The predicted molar refractivity (Wildman–Crippen MR) is 145 cm³/mol.